The van der Waals surface area contributed by atoms with E-state index in [2.05, 4.69) is 5.32 Å². The van der Waals surface area contributed by atoms with Crippen LogP contribution in [0.1, 0.15) is 19.3 Å². The molecule has 4 N–H and O–H groups in total. The summed E-state index contributed by atoms with van der Waals surface area (Å²) in [5.74, 6) is -1.32. The van der Waals surface area contributed by atoms with Crippen molar-refractivity contribution in [3.05, 3.63) is 0 Å². The second kappa shape index (κ2) is 7.75. The zero-order valence-electron chi connectivity index (χ0n) is 9.46. The van der Waals surface area contributed by atoms with Gasteiger partial charge in [-0.1, -0.05) is 0 Å². The lowest BCUT2D eigenvalue weighted by atomic mass is 10.2. The normalized spacial score (nSPS) is 12.9. The number of aliphatic hydroxyl groups excluding tert-OH is 1. The molecular formula is C9H15F3N2O4. The summed E-state index contributed by atoms with van der Waals surface area (Å²) in [5, 5.41) is 21.3. The van der Waals surface area contributed by atoms with Crippen LogP contribution in [0.3, 0.4) is 0 Å². The summed E-state index contributed by atoms with van der Waals surface area (Å²) in [6.45, 7) is -0.637. The molecule has 0 aromatic heterocycles. The molecule has 9 heteroatoms. The number of amides is 2. The van der Waals surface area contributed by atoms with Gasteiger partial charge in [0.15, 0.2) is 0 Å². The first kappa shape index (κ1) is 16.5. The highest BCUT2D eigenvalue weighted by Gasteiger charge is 2.26. The van der Waals surface area contributed by atoms with Crippen LogP contribution in [-0.2, 0) is 4.79 Å². The Bertz CT molecular complexity index is 283. The zero-order valence-corrected chi connectivity index (χ0v) is 9.46. The predicted octanol–water partition coefficient (Wildman–Crippen LogP) is 0.464. The van der Waals surface area contributed by atoms with Gasteiger partial charge in [-0.15, -0.1) is 0 Å². The number of urea groups is 1. The maximum Gasteiger partial charge on any atom is 0.389 e. The van der Waals surface area contributed by atoms with E-state index < -0.39 is 37.2 Å². The monoisotopic (exact) mass is 272 g/mol. The first-order valence-corrected chi connectivity index (χ1v) is 5.21. The average Bonchev–Trinajstić information content (AvgIpc) is 2.22. The highest BCUT2D eigenvalue weighted by Crippen LogP contribution is 2.20. The first-order chi connectivity index (χ1) is 8.26. The number of carboxylic acids is 1. The standard InChI is InChI=1S/C9H15F3N2O4/c10-9(11,12)3-1-4-13-8(18)14-6(2-5-15)7(16)17/h6,15H,1-5H2,(H,16,17)(H2,13,14,18)/t6-/m1/s1. The zero-order chi connectivity index (χ0) is 14.2. The summed E-state index contributed by atoms with van der Waals surface area (Å²) in [4.78, 5) is 21.7. The van der Waals surface area contributed by atoms with Crippen LogP contribution in [0, 0.1) is 0 Å². The molecule has 18 heavy (non-hydrogen) atoms. The highest BCUT2D eigenvalue weighted by atomic mass is 19.4. The average molecular weight is 272 g/mol. The van der Waals surface area contributed by atoms with Gasteiger partial charge in [-0.3, -0.25) is 0 Å². The lowest BCUT2D eigenvalue weighted by Gasteiger charge is -2.14. The number of rotatable bonds is 7. The topological polar surface area (TPSA) is 98.7 Å². The molecule has 0 aromatic rings. The maximum absolute atomic E-state index is 11.8. The maximum atomic E-state index is 11.8. The van der Waals surface area contributed by atoms with Crippen molar-refractivity contribution in [2.75, 3.05) is 13.2 Å². The van der Waals surface area contributed by atoms with Crippen molar-refractivity contribution in [3.63, 3.8) is 0 Å². The summed E-state index contributed by atoms with van der Waals surface area (Å²) in [5.41, 5.74) is 0. The van der Waals surface area contributed by atoms with E-state index in [-0.39, 0.29) is 19.4 Å². The summed E-state index contributed by atoms with van der Waals surface area (Å²) in [6.07, 6.45) is -5.76. The Morgan fingerprint density at radius 1 is 1.28 bits per heavy atom. The molecule has 6 nitrogen and oxygen atoms in total. The first-order valence-electron chi connectivity index (χ1n) is 5.21. The molecule has 0 radical (unpaired) electrons. The quantitative estimate of drug-likeness (QED) is 0.506. The van der Waals surface area contributed by atoms with E-state index in [1.807, 2.05) is 5.32 Å². The lowest BCUT2D eigenvalue weighted by Crippen LogP contribution is -2.46. The van der Waals surface area contributed by atoms with Gasteiger partial charge in [0, 0.05) is 26.0 Å². The molecule has 0 aliphatic carbocycles. The van der Waals surface area contributed by atoms with Gasteiger partial charge in [-0.05, 0) is 6.42 Å². The Morgan fingerprint density at radius 3 is 2.33 bits per heavy atom. The van der Waals surface area contributed by atoms with Crippen LogP contribution in [0.5, 0.6) is 0 Å². The molecular weight excluding hydrogens is 257 g/mol. The highest BCUT2D eigenvalue weighted by molar-refractivity contribution is 5.82. The Hall–Kier alpha value is -1.51. The number of halogens is 3. The van der Waals surface area contributed by atoms with Crippen LogP contribution in [0.4, 0.5) is 18.0 Å². The number of hydrogen-bond donors (Lipinski definition) is 4. The molecule has 0 aromatic carbocycles. The Morgan fingerprint density at radius 2 is 1.89 bits per heavy atom. The molecule has 0 aliphatic rings. The van der Waals surface area contributed by atoms with Crippen LogP contribution in [-0.4, -0.2) is 47.6 Å². The SMILES string of the molecule is O=C(NCCCC(F)(F)F)N[C@H](CCO)C(=O)O. The van der Waals surface area contributed by atoms with E-state index in [0.29, 0.717) is 0 Å². The number of carboxylic acid groups (broad SMARTS) is 1. The van der Waals surface area contributed by atoms with E-state index in [1.165, 1.54) is 0 Å². The van der Waals surface area contributed by atoms with Gasteiger partial charge in [0.25, 0.3) is 0 Å². The van der Waals surface area contributed by atoms with Gasteiger partial charge in [-0.2, -0.15) is 13.2 Å². The summed E-state index contributed by atoms with van der Waals surface area (Å²) in [7, 11) is 0. The minimum absolute atomic E-state index is 0.175. The fraction of sp³-hybridized carbons (Fsp3) is 0.778. The van der Waals surface area contributed by atoms with E-state index in [1.54, 1.807) is 0 Å². The van der Waals surface area contributed by atoms with Gasteiger partial charge in [0.2, 0.25) is 0 Å². The summed E-state index contributed by atoms with van der Waals surface area (Å²) < 4.78 is 35.3. The van der Waals surface area contributed by atoms with Crippen LogP contribution >= 0.6 is 0 Å². The van der Waals surface area contributed by atoms with Gasteiger partial charge in [0.05, 0.1) is 0 Å². The van der Waals surface area contributed by atoms with Crippen molar-refractivity contribution in [1.29, 1.82) is 0 Å². The molecule has 2 amide bonds. The fourth-order valence-corrected chi connectivity index (χ4v) is 1.09. The number of hydrogen-bond acceptors (Lipinski definition) is 3. The van der Waals surface area contributed by atoms with Crippen molar-refractivity contribution in [2.45, 2.75) is 31.5 Å². The number of aliphatic carboxylic acids is 1. The van der Waals surface area contributed by atoms with Crippen molar-refractivity contribution >= 4 is 12.0 Å². The van der Waals surface area contributed by atoms with Gasteiger partial charge in [0.1, 0.15) is 6.04 Å². The predicted molar refractivity (Wildman–Crippen MR) is 55.0 cm³/mol. The molecule has 106 valence electrons. The van der Waals surface area contributed by atoms with Crippen LogP contribution in [0.25, 0.3) is 0 Å². The molecule has 0 spiro atoms. The lowest BCUT2D eigenvalue weighted by molar-refractivity contribution is -0.139. The van der Waals surface area contributed by atoms with E-state index in [9.17, 15) is 22.8 Å². The second-order valence-corrected chi connectivity index (χ2v) is 3.52. The van der Waals surface area contributed by atoms with Gasteiger partial charge < -0.3 is 20.8 Å². The van der Waals surface area contributed by atoms with Crippen LogP contribution < -0.4 is 10.6 Å². The molecule has 1 atom stereocenters. The molecule has 0 aliphatic heterocycles. The van der Waals surface area contributed by atoms with E-state index >= 15 is 0 Å². The Labute approximate surface area is 101 Å². The van der Waals surface area contributed by atoms with E-state index in [0.717, 1.165) is 0 Å². The van der Waals surface area contributed by atoms with Crippen LogP contribution in [0.2, 0.25) is 0 Å². The minimum Gasteiger partial charge on any atom is -0.480 e. The molecule has 0 bridgehead atoms. The van der Waals surface area contributed by atoms with Gasteiger partial charge >= 0.3 is 18.2 Å². The number of carbonyl (C=O) groups excluding carboxylic acids is 1. The fourth-order valence-electron chi connectivity index (χ4n) is 1.09. The van der Waals surface area contributed by atoms with Crippen molar-refractivity contribution < 1.29 is 33.0 Å². The Balaban J connectivity index is 3.85. The summed E-state index contributed by atoms with van der Waals surface area (Å²) >= 11 is 0. The number of nitrogens with one attached hydrogen (secondary N) is 2. The smallest absolute Gasteiger partial charge is 0.389 e. The third-order valence-corrected chi connectivity index (χ3v) is 1.94. The summed E-state index contributed by atoms with van der Waals surface area (Å²) in [6, 6.07) is -2.14. The second-order valence-electron chi connectivity index (χ2n) is 3.52. The van der Waals surface area contributed by atoms with Crippen molar-refractivity contribution in [1.82, 2.24) is 10.6 Å². The molecule has 0 unspecified atom stereocenters. The third kappa shape index (κ3) is 8.62. The molecule has 0 saturated heterocycles. The number of aliphatic hydroxyl groups is 1. The van der Waals surface area contributed by atoms with E-state index in [4.69, 9.17) is 10.2 Å². The number of alkyl halides is 3. The molecule has 0 saturated carbocycles. The van der Waals surface area contributed by atoms with Crippen molar-refractivity contribution in [3.8, 4) is 0 Å². The molecule has 0 heterocycles. The van der Waals surface area contributed by atoms with Crippen molar-refractivity contribution in [2.24, 2.45) is 0 Å². The minimum atomic E-state index is -4.28. The third-order valence-electron chi connectivity index (χ3n) is 1.94. The number of carbonyl (C=O) groups is 2. The molecule has 0 fully saturated rings. The van der Waals surface area contributed by atoms with Crippen LogP contribution in [0.15, 0.2) is 0 Å². The molecule has 0 rings (SSSR count). The Kier molecular flexibility index (Phi) is 7.10. The van der Waals surface area contributed by atoms with Gasteiger partial charge in [-0.25, -0.2) is 9.59 Å². The largest absolute Gasteiger partial charge is 0.480 e.